The molecule has 2 aromatic rings. The number of hydrogen-bond acceptors (Lipinski definition) is 3. The molecule has 3 nitrogen and oxygen atoms in total. The summed E-state index contributed by atoms with van der Waals surface area (Å²) >= 11 is 3.48. The smallest absolute Gasteiger partial charge is 0.123 e. The average molecular weight is 276 g/mol. The lowest BCUT2D eigenvalue weighted by atomic mass is 10.0. The number of nitrogens with one attached hydrogen (secondary N) is 1. The van der Waals surface area contributed by atoms with Crippen LogP contribution < -0.4 is 5.32 Å². The van der Waals surface area contributed by atoms with Crippen LogP contribution >= 0.6 is 15.9 Å². The number of rotatable bonds is 2. The zero-order chi connectivity index (χ0) is 11.5. The van der Waals surface area contributed by atoms with Crippen molar-refractivity contribution in [2.45, 2.75) is 6.04 Å². The molecule has 16 heavy (non-hydrogen) atoms. The van der Waals surface area contributed by atoms with Crippen molar-refractivity contribution in [3.05, 3.63) is 40.5 Å². The molecule has 0 bridgehead atoms. The first-order chi connectivity index (χ1) is 7.77. The summed E-state index contributed by atoms with van der Waals surface area (Å²) in [5.41, 5.74) is 1.77. The molecule has 80 valence electrons. The Hall–Kier alpha value is -1.44. The minimum atomic E-state index is -0.328. The van der Waals surface area contributed by atoms with Gasteiger partial charge in [-0.2, -0.15) is 5.26 Å². The maximum absolute atomic E-state index is 9.06. The van der Waals surface area contributed by atoms with Crippen LogP contribution in [0.25, 0.3) is 10.9 Å². The van der Waals surface area contributed by atoms with Gasteiger partial charge in [0, 0.05) is 21.6 Å². The number of halogens is 1. The molecular weight excluding hydrogens is 266 g/mol. The van der Waals surface area contributed by atoms with Crippen LogP contribution in [0, 0.1) is 11.3 Å². The number of aromatic nitrogens is 1. The second-order valence-corrected chi connectivity index (χ2v) is 4.24. The Labute approximate surface area is 102 Å². The molecule has 0 saturated carbocycles. The Morgan fingerprint density at radius 2 is 2.25 bits per heavy atom. The van der Waals surface area contributed by atoms with Crippen LogP contribution in [-0.4, -0.2) is 12.0 Å². The van der Waals surface area contributed by atoms with Crippen LogP contribution in [-0.2, 0) is 0 Å². The minimum absolute atomic E-state index is 0.328. The largest absolute Gasteiger partial charge is 0.301 e. The first-order valence-electron chi connectivity index (χ1n) is 4.88. The van der Waals surface area contributed by atoms with E-state index in [1.54, 1.807) is 13.2 Å². The molecule has 0 aliphatic rings. The van der Waals surface area contributed by atoms with Crippen molar-refractivity contribution in [2.75, 3.05) is 7.05 Å². The van der Waals surface area contributed by atoms with E-state index >= 15 is 0 Å². The van der Waals surface area contributed by atoms with Crippen LogP contribution in [0.4, 0.5) is 0 Å². The Balaban J connectivity index is 2.73. The Kier molecular flexibility index (Phi) is 3.18. The van der Waals surface area contributed by atoms with Crippen LogP contribution in [0.15, 0.2) is 34.9 Å². The van der Waals surface area contributed by atoms with E-state index in [1.807, 2.05) is 24.3 Å². The molecule has 1 unspecified atom stereocenters. The lowest BCUT2D eigenvalue weighted by Gasteiger charge is -2.11. The summed E-state index contributed by atoms with van der Waals surface area (Å²) < 4.78 is 0.993. The summed E-state index contributed by atoms with van der Waals surface area (Å²) in [5, 5.41) is 13.0. The molecule has 4 heteroatoms. The summed E-state index contributed by atoms with van der Waals surface area (Å²) in [4.78, 5) is 4.34. The predicted octanol–water partition coefficient (Wildman–Crippen LogP) is 2.78. The number of hydrogen-bond donors (Lipinski definition) is 1. The molecule has 0 spiro atoms. The van der Waals surface area contributed by atoms with Crippen LogP contribution in [0.3, 0.4) is 0 Å². The number of nitriles is 1. The molecule has 0 aliphatic heterocycles. The topological polar surface area (TPSA) is 48.7 Å². The second-order valence-electron chi connectivity index (χ2n) is 3.39. The highest BCUT2D eigenvalue weighted by Crippen LogP contribution is 2.28. The third kappa shape index (κ3) is 1.80. The average Bonchev–Trinajstić information content (AvgIpc) is 2.34. The van der Waals surface area contributed by atoms with Gasteiger partial charge in [0.25, 0.3) is 0 Å². The summed E-state index contributed by atoms with van der Waals surface area (Å²) in [5.74, 6) is 0. The lowest BCUT2D eigenvalue weighted by Crippen LogP contribution is -2.14. The third-order valence-corrected chi connectivity index (χ3v) is 3.17. The molecular formula is C12H10BrN3. The number of pyridine rings is 1. The van der Waals surface area contributed by atoms with E-state index in [0.717, 1.165) is 20.9 Å². The predicted molar refractivity (Wildman–Crippen MR) is 66.9 cm³/mol. The fourth-order valence-electron chi connectivity index (χ4n) is 1.68. The molecule has 2 rings (SSSR count). The SMILES string of the molecule is CNC(C#N)c1ccc(Br)c2cccnc12. The molecule has 0 aliphatic carbocycles. The van der Waals surface area contributed by atoms with Crippen molar-refractivity contribution >= 4 is 26.8 Å². The Morgan fingerprint density at radius 1 is 1.44 bits per heavy atom. The van der Waals surface area contributed by atoms with Gasteiger partial charge in [-0.3, -0.25) is 4.98 Å². The zero-order valence-corrected chi connectivity index (χ0v) is 10.3. The fourth-order valence-corrected chi connectivity index (χ4v) is 2.13. The standard InChI is InChI=1S/C12H10BrN3/c1-15-11(7-14)9-4-5-10(13)8-3-2-6-16-12(8)9/h2-6,11,15H,1H3. The van der Waals surface area contributed by atoms with E-state index in [9.17, 15) is 0 Å². The first-order valence-corrected chi connectivity index (χ1v) is 5.67. The maximum Gasteiger partial charge on any atom is 0.123 e. The van der Waals surface area contributed by atoms with E-state index in [-0.39, 0.29) is 6.04 Å². The van der Waals surface area contributed by atoms with E-state index < -0.39 is 0 Å². The number of nitrogens with zero attached hydrogens (tertiary/aromatic N) is 2. The summed E-state index contributed by atoms with van der Waals surface area (Å²) in [6.45, 7) is 0. The van der Waals surface area contributed by atoms with Gasteiger partial charge in [0.05, 0.1) is 11.6 Å². The van der Waals surface area contributed by atoms with E-state index in [2.05, 4.69) is 32.3 Å². The maximum atomic E-state index is 9.06. The number of benzene rings is 1. The van der Waals surface area contributed by atoms with Gasteiger partial charge in [-0.25, -0.2) is 0 Å². The molecule has 0 radical (unpaired) electrons. The van der Waals surface area contributed by atoms with Crippen molar-refractivity contribution < 1.29 is 0 Å². The molecule has 1 aromatic heterocycles. The molecule has 0 saturated heterocycles. The Morgan fingerprint density at radius 3 is 2.94 bits per heavy atom. The normalized spacial score (nSPS) is 12.3. The van der Waals surface area contributed by atoms with E-state index in [0.29, 0.717) is 0 Å². The summed E-state index contributed by atoms with van der Waals surface area (Å²) in [6, 6.07) is 9.62. The zero-order valence-electron chi connectivity index (χ0n) is 8.74. The molecule has 1 aromatic carbocycles. The molecule has 1 atom stereocenters. The molecule has 0 fully saturated rings. The highest BCUT2D eigenvalue weighted by molar-refractivity contribution is 9.10. The van der Waals surface area contributed by atoms with Crippen molar-refractivity contribution in [2.24, 2.45) is 0 Å². The third-order valence-electron chi connectivity index (χ3n) is 2.48. The van der Waals surface area contributed by atoms with Gasteiger partial charge in [-0.15, -0.1) is 0 Å². The van der Waals surface area contributed by atoms with Gasteiger partial charge in [0.1, 0.15) is 6.04 Å². The van der Waals surface area contributed by atoms with Crippen LogP contribution in [0.2, 0.25) is 0 Å². The van der Waals surface area contributed by atoms with E-state index in [4.69, 9.17) is 5.26 Å². The quantitative estimate of drug-likeness (QED) is 0.917. The van der Waals surface area contributed by atoms with Crippen molar-refractivity contribution in [3.8, 4) is 6.07 Å². The van der Waals surface area contributed by atoms with Crippen LogP contribution in [0.1, 0.15) is 11.6 Å². The van der Waals surface area contributed by atoms with Gasteiger partial charge in [-0.1, -0.05) is 28.1 Å². The van der Waals surface area contributed by atoms with Crippen LogP contribution in [0.5, 0.6) is 0 Å². The monoisotopic (exact) mass is 275 g/mol. The van der Waals surface area contributed by atoms with Gasteiger partial charge in [0.15, 0.2) is 0 Å². The summed E-state index contributed by atoms with van der Waals surface area (Å²) in [6.07, 6.45) is 1.74. The lowest BCUT2D eigenvalue weighted by molar-refractivity contribution is 0.731. The Bertz CT molecular complexity index is 560. The van der Waals surface area contributed by atoms with Gasteiger partial charge in [0.2, 0.25) is 0 Å². The first kappa shape index (κ1) is 11.1. The van der Waals surface area contributed by atoms with Crippen molar-refractivity contribution in [1.82, 2.24) is 10.3 Å². The highest BCUT2D eigenvalue weighted by atomic mass is 79.9. The van der Waals surface area contributed by atoms with E-state index in [1.165, 1.54) is 0 Å². The fraction of sp³-hybridized carbons (Fsp3) is 0.167. The second kappa shape index (κ2) is 4.60. The van der Waals surface area contributed by atoms with Gasteiger partial charge in [-0.05, 0) is 19.2 Å². The molecule has 0 amide bonds. The minimum Gasteiger partial charge on any atom is -0.301 e. The van der Waals surface area contributed by atoms with Gasteiger partial charge < -0.3 is 5.32 Å². The number of fused-ring (bicyclic) bond motifs is 1. The van der Waals surface area contributed by atoms with Crippen molar-refractivity contribution in [3.63, 3.8) is 0 Å². The summed E-state index contributed by atoms with van der Waals surface area (Å²) in [7, 11) is 1.77. The van der Waals surface area contributed by atoms with Gasteiger partial charge >= 0.3 is 0 Å². The molecule has 1 heterocycles. The molecule has 1 N–H and O–H groups in total. The van der Waals surface area contributed by atoms with Crippen molar-refractivity contribution in [1.29, 1.82) is 5.26 Å². The highest BCUT2D eigenvalue weighted by Gasteiger charge is 2.13.